The van der Waals surface area contributed by atoms with Gasteiger partial charge in [0.05, 0.1) is 10.8 Å². The Balaban J connectivity index is 1.52. The minimum Gasteiger partial charge on any atom is -0.335 e. The fraction of sp³-hybridized carbons (Fsp3) is 0.0952. The number of carbonyl (C=O) groups is 1. The van der Waals surface area contributed by atoms with Crippen molar-refractivity contribution in [1.82, 2.24) is 14.9 Å². The average molecular weight is 407 g/mol. The first-order chi connectivity index (χ1) is 14.0. The number of nitrogens with one attached hydrogen (secondary N) is 1. The first kappa shape index (κ1) is 18.9. The molecule has 0 fully saturated rings. The third-order valence-electron chi connectivity index (χ3n) is 4.48. The Hall–Kier alpha value is -3.39. The van der Waals surface area contributed by atoms with Crippen molar-refractivity contribution in [2.45, 2.75) is 17.3 Å². The number of carbonyl (C=O) groups excluding carboxylic acids is 1. The maximum atomic E-state index is 14.0. The van der Waals surface area contributed by atoms with Gasteiger partial charge in [0.2, 0.25) is 11.1 Å². The van der Waals surface area contributed by atoms with E-state index >= 15 is 0 Å². The molecule has 29 heavy (non-hydrogen) atoms. The molecule has 0 spiro atoms. The highest BCUT2D eigenvalue weighted by atomic mass is 32.2. The number of aromatic nitrogens is 3. The van der Waals surface area contributed by atoms with E-state index in [2.05, 4.69) is 15.5 Å². The number of nitrogen functional groups attached to an aromatic ring is 1. The Kier molecular flexibility index (Phi) is 5.18. The monoisotopic (exact) mass is 407 g/mol. The Morgan fingerprint density at radius 2 is 1.79 bits per heavy atom. The van der Waals surface area contributed by atoms with Gasteiger partial charge < -0.3 is 11.2 Å². The topological polar surface area (TPSA) is 85.8 Å². The molecule has 4 aromatic rings. The number of anilines is 1. The number of halogens is 1. The highest BCUT2D eigenvalue weighted by molar-refractivity contribution is 8.00. The first-order valence-electron chi connectivity index (χ1n) is 8.95. The number of hydrogen-bond donors (Lipinski definition) is 2. The zero-order valence-electron chi connectivity index (χ0n) is 15.5. The lowest BCUT2D eigenvalue weighted by Gasteiger charge is -2.13. The first-order valence-corrected chi connectivity index (χ1v) is 9.83. The molecule has 1 amide bonds. The van der Waals surface area contributed by atoms with Gasteiger partial charge in [-0.05, 0) is 30.5 Å². The van der Waals surface area contributed by atoms with Crippen molar-refractivity contribution in [1.29, 1.82) is 0 Å². The number of nitrogens with zero attached hydrogens (tertiary/aromatic N) is 3. The van der Waals surface area contributed by atoms with Gasteiger partial charge in [0.25, 0.3) is 0 Å². The van der Waals surface area contributed by atoms with Crippen LogP contribution in [0.2, 0.25) is 0 Å². The van der Waals surface area contributed by atoms with E-state index in [0.29, 0.717) is 5.16 Å². The number of amides is 1. The second-order valence-corrected chi connectivity index (χ2v) is 7.74. The summed E-state index contributed by atoms with van der Waals surface area (Å²) in [5.74, 6) is 5.62. The van der Waals surface area contributed by atoms with Gasteiger partial charge in [-0.15, -0.1) is 10.2 Å². The Morgan fingerprint density at radius 3 is 2.62 bits per heavy atom. The van der Waals surface area contributed by atoms with Gasteiger partial charge in [-0.25, -0.2) is 9.07 Å². The lowest BCUT2D eigenvalue weighted by atomic mass is 10.1. The third-order valence-corrected chi connectivity index (χ3v) is 5.54. The van der Waals surface area contributed by atoms with Crippen LogP contribution < -0.4 is 11.2 Å². The molecule has 0 aliphatic heterocycles. The molecule has 1 heterocycles. The highest BCUT2D eigenvalue weighted by Gasteiger charge is 2.21. The SMILES string of the molecule is C[C@@H](Sc1nnc(-c2ccccc2F)n1N)C(=O)Nc1cccc2ccccc12. The molecule has 4 rings (SSSR count). The van der Waals surface area contributed by atoms with Crippen LogP contribution in [0.4, 0.5) is 10.1 Å². The summed E-state index contributed by atoms with van der Waals surface area (Å²) < 4.78 is 15.2. The maximum Gasteiger partial charge on any atom is 0.237 e. The van der Waals surface area contributed by atoms with Crippen molar-refractivity contribution in [2.24, 2.45) is 0 Å². The van der Waals surface area contributed by atoms with E-state index in [1.165, 1.54) is 10.7 Å². The molecule has 3 N–H and O–H groups in total. The Labute approximate surface area is 170 Å². The van der Waals surface area contributed by atoms with Crippen LogP contribution >= 0.6 is 11.8 Å². The largest absolute Gasteiger partial charge is 0.335 e. The number of fused-ring (bicyclic) bond motifs is 1. The standard InChI is InChI=1S/C21H18FN5OS/c1-13(20(28)24-18-12-6-8-14-7-2-3-9-15(14)18)29-21-26-25-19(27(21)23)16-10-4-5-11-17(16)22/h2-13H,23H2,1H3,(H,24,28)/t13-/m1/s1. The van der Waals surface area contributed by atoms with Gasteiger partial charge in [-0.1, -0.05) is 60.3 Å². The smallest absolute Gasteiger partial charge is 0.237 e. The molecule has 1 atom stereocenters. The summed E-state index contributed by atoms with van der Waals surface area (Å²) >= 11 is 1.15. The van der Waals surface area contributed by atoms with Gasteiger partial charge in [-0.2, -0.15) is 0 Å². The number of thioether (sulfide) groups is 1. The molecule has 3 aromatic carbocycles. The second-order valence-electron chi connectivity index (χ2n) is 6.43. The third kappa shape index (κ3) is 3.79. The normalized spacial score (nSPS) is 12.1. The van der Waals surface area contributed by atoms with Crippen LogP contribution in [0.25, 0.3) is 22.2 Å². The van der Waals surface area contributed by atoms with Gasteiger partial charge in [0.15, 0.2) is 5.82 Å². The lowest BCUT2D eigenvalue weighted by molar-refractivity contribution is -0.115. The quantitative estimate of drug-likeness (QED) is 0.385. The van der Waals surface area contributed by atoms with E-state index in [4.69, 9.17) is 5.84 Å². The van der Waals surface area contributed by atoms with Crippen molar-refractivity contribution in [3.8, 4) is 11.4 Å². The molecule has 0 aliphatic carbocycles. The lowest BCUT2D eigenvalue weighted by Crippen LogP contribution is -2.23. The Bertz CT molecular complexity index is 1190. The van der Waals surface area contributed by atoms with Crippen LogP contribution in [0, 0.1) is 5.82 Å². The van der Waals surface area contributed by atoms with Crippen molar-refractivity contribution in [3.05, 3.63) is 72.5 Å². The summed E-state index contributed by atoms with van der Waals surface area (Å²) in [4.78, 5) is 12.7. The summed E-state index contributed by atoms with van der Waals surface area (Å²) in [6.45, 7) is 1.75. The molecule has 0 saturated heterocycles. The van der Waals surface area contributed by atoms with E-state index in [-0.39, 0.29) is 17.3 Å². The van der Waals surface area contributed by atoms with Gasteiger partial charge >= 0.3 is 0 Å². The average Bonchev–Trinajstić information content (AvgIpc) is 3.08. The number of hydrogen-bond acceptors (Lipinski definition) is 5. The van der Waals surface area contributed by atoms with Gasteiger partial charge in [0, 0.05) is 11.1 Å². The van der Waals surface area contributed by atoms with Crippen molar-refractivity contribution < 1.29 is 9.18 Å². The summed E-state index contributed by atoms with van der Waals surface area (Å²) in [7, 11) is 0. The molecule has 0 aliphatic rings. The van der Waals surface area contributed by atoms with Crippen molar-refractivity contribution >= 4 is 34.1 Å². The summed E-state index contributed by atoms with van der Waals surface area (Å²) in [6.07, 6.45) is 0. The molecule has 8 heteroatoms. The van der Waals surface area contributed by atoms with E-state index in [1.807, 2.05) is 42.5 Å². The van der Waals surface area contributed by atoms with Crippen LogP contribution in [0.5, 0.6) is 0 Å². The fourth-order valence-corrected chi connectivity index (χ4v) is 3.73. The van der Waals surface area contributed by atoms with Crippen LogP contribution in [0.1, 0.15) is 6.92 Å². The van der Waals surface area contributed by atoms with Crippen LogP contribution in [-0.4, -0.2) is 26.0 Å². The summed E-state index contributed by atoms with van der Waals surface area (Å²) in [5, 5.41) is 12.8. The van der Waals surface area contributed by atoms with E-state index in [1.54, 1.807) is 25.1 Å². The molecule has 1 aromatic heterocycles. The molecule has 0 unspecified atom stereocenters. The number of rotatable bonds is 5. The molecule has 146 valence electrons. The van der Waals surface area contributed by atoms with Crippen LogP contribution in [0.15, 0.2) is 71.9 Å². The summed E-state index contributed by atoms with van der Waals surface area (Å²) in [6, 6.07) is 19.8. The maximum absolute atomic E-state index is 14.0. The number of benzene rings is 3. The molecular weight excluding hydrogens is 389 g/mol. The second kappa shape index (κ2) is 7.92. The molecule has 0 bridgehead atoms. The molecule has 6 nitrogen and oxygen atoms in total. The molecule has 0 radical (unpaired) electrons. The number of nitrogens with two attached hydrogens (primary N) is 1. The summed E-state index contributed by atoms with van der Waals surface area (Å²) in [5.41, 5.74) is 0.990. The van der Waals surface area contributed by atoms with Crippen molar-refractivity contribution in [2.75, 3.05) is 11.2 Å². The fourth-order valence-electron chi connectivity index (χ4n) is 2.96. The molecular formula is C21H18FN5OS. The van der Waals surface area contributed by atoms with E-state index < -0.39 is 11.1 Å². The minimum atomic E-state index is -0.492. The zero-order valence-corrected chi connectivity index (χ0v) is 16.4. The van der Waals surface area contributed by atoms with Crippen molar-refractivity contribution in [3.63, 3.8) is 0 Å². The van der Waals surface area contributed by atoms with E-state index in [0.717, 1.165) is 28.2 Å². The van der Waals surface area contributed by atoms with E-state index in [9.17, 15) is 9.18 Å². The predicted molar refractivity (Wildman–Crippen MR) is 113 cm³/mol. The molecule has 0 saturated carbocycles. The Morgan fingerprint density at radius 1 is 1.07 bits per heavy atom. The zero-order chi connectivity index (χ0) is 20.4. The van der Waals surface area contributed by atoms with Gasteiger partial charge in [0.1, 0.15) is 5.82 Å². The van der Waals surface area contributed by atoms with Gasteiger partial charge in [-0.3, -0.25) is 4.79 Å². The highest BCUT2D eigenvalue weighted by Crippen LogP contribution is 2.28. The van der Waals surface area contributed by atoms with Crippen LogP contribution in [-0.2, 0) is 4.79 Å². The minimum absolute atomic E-state index is 0.193. The van der Waals surface area contributed by atoms with Crippen LogP contribution in [0.3, 0.4) is 0 Å². The predicted octanol–water partition coefficient (Wildman–Crippen LogP) is 4.07.